The molecule has 0 radical (unpaired) electrons. The second-order valence-electron chi connectivity index (χ2n) is 6.29. The minimum Gasteiger partial charge on any atom is -0.480 e. The summed E-state index contributed by atoms with van der Waals surface area (Å²) in [6, 6.07) is 5.73. The van der Waals surface area contributed by atoms with Gasteiger partial charge in [0.25, 0.3) is 0 Å². The van der Waals surface area contributed by atoms with Crippen LogP contribution >= 0.6 is 0 Å². The minimum absolute atomic E-state index is 0.299. The van der Waals surface area contributed by atoms with Crippen molar-refractivity contribution in [2.24, 2.45) is 5.73 Å². The van der Waals surface area contributed by atoms with Crippen LogP contribution in [0.3, 0.4) is 0 Å². The summed E-state index contributed by atoms with van der Waals surface area (Å²) >= 11 is 0. The number of hydrogen-bond donors (Lipinski definition) is 6. The van der Waals surface area contributed by atoms with Gasteiger partial charge in [0, 0.05) is 17.1 Å². The normalized spacial score (nSPS) is 12.8. The monoisotopic (exact) mass is 389 g/mol. The number of carbonyl (C=O) groups is 4. The molecule has 10 heteroatoms. The number of aliphatic carboxylic acids is 1. The number of aromatic nitrogens is 1. The number of amides is 3. The lowest BCUT2D eigenvalue weighted by atomic mass is 10.1. The highest BCUT2D eigenvalue weighted by Crippen LogP contribution is 2.18. The first-order valence-electron chi connectivity index (χ1n) is 8.65. The third-order valence-electron chi connectivity index (χ3n) is 4.07. The molecule has 1 aromatic heterocycles. The fourth-order valence-electron chi connectivity index (χ4n) is 2.52. The Labute approximate surface area is 160 Å². The lowest BCUT2D eigenvalue weighted by molar-refractivity contribution is -0.141. The van der Waals surface area contributed by atoms with Gasteiger partial charge in [0.05, 0.1) is 19.1 Å². The second kappa shape index (κ2) is 9.51. The summed E-state index contributed by atoms with van der Waals surface area (Å²) in [7, 11) is 0. The first kappa shape index (κ1) is 20.9. The predicted octanol–water partition coefficient (Wildman–Crippen LogP) is -1.14. The van der Waals surface area contributed by atoms with E-state index in [-0.39, 0.29) is 6.54 Å². The number of nitrogens with one attached hydrogen (secondary N) is 4. The Morgan fingerprint density at radius 1 is 1.11 bits per heavy atom. The number of carbonyl (C=O) groups excluding carboxylic acids is 3. The Hall–Kier alpha value is -3.40. The van der Waals surface area contributed by atoms with E-state index in [0.717, 1.165) is 16.5 Å². The van der Waals surface area contributed by atoms with Crippen molar-refractivity contribution in [1.82, 2.24) is 20.9 Å². The van der Waals surface area contributed by atoms with Crippen molar-refractivity contribution in [2.75, 3.05) is 13.1 Å². The standard InChI is InChI=1S/C18H23N5O5/c1-10(18(27)28)23-16(25)9-21-15(24)8-22-17(26)13(19)6-11-7-20-14-5-3-2-4-12(11)14/h2-5,7,10,13,20H,6,8-9,19H2,1H3,(H,21,24)(H,22,26)(H,23,25)(H,27,28). The molecule has 7 N–H and O–H groups in total. The Morgan fingerprint density at radius 2 is 1.79 bits per heavy atom. The number of rotatable bonds is 9. The lowest BCUT2D eigenvalue weighted by Crippen LogP contribution is -2.48. The number of nitrogens with two attached hydrogens (primary N) is 1. The van der Waals surface area contributed by atoms with Crippen LogP contribution in [0.25, 0.3) is 10.9 Å². The predicted molar refractivity (Wildman–Crippen MR) is 101 cm³/mol. The molecule has 0 aliphatic carbocycles. The number of carboxylic acid groups (broad SMARTS) is 1. The number of carboxylic acids is 1. The van der Waals surface area contributed by atoms with Gasteiger partial charge in [-0.2, -0.15) is 0 Å². The average molecular weight is 389 g/mol. The van der Waals surface area contributed by atoms with Crippen LogP contribution in [0.5, 0.6) is 0 Å². The SMILES string of the molecule is CC(NC(=O)CNC(=O)CNC(=O)C(N)Cc1c[nH]c2ccccc12)C(=O)O. The summed E-state index contributed by atoms with van der Waals surface area (Å²) in [5.41, 5.74) is 7.75. The Morgan fingerprint density at radius 3 is 2.50 bits per heavy atom. The summed E-state index contributed by atoms with van der Waals surface area (Å²) in [4.78, 5) is 49.1. The third kappa shape index (κ3) is 5.81. The Kier molecular flexibility index (Phi) is 7.10. The number of H-pyrrole nitrogens is 1. The van der Waals surface area contributed by atoms with Crippen molar-refractivity contribution in [3.63, 3.8) is 0 Å². The molecule has 0 saturated heterocycles. The first-order chi connectivity index (χ1) is 13.3. The van der Waals surface area contributed by atoms with E-state index in [1.165, 1.54) is 6.92 Å². The molecule has 0 fully saturated rings. The van der Waals surface area contributed by atoms with Crippen LogP contribution in [-0.2, 0) is 25.6 Å². The van der Waals surface area contributed by atoms with Gasteiger partial charge >= 0.3 is 5.97 Å². The molecular weight excluding hydrogens is 366 g/mol. The zero-order valence-corrected chi connectivity index (χ0v) is 15.3. The van der Waals surface area contributed by atoms with Gasteiger partial charge in [0.15, 0.2) is 0 Å². The van der Waals surface area contributed by atoms with E-state index in [9.17, 15) is 19.2 Å². The van der Waals surface area contributed by atoms with Crippen LogP contribution in [0, 0.1) is 0 Å². The summed E-state index contributed by atoms with van der Waals surface area (Å²) in [6.45, 7) is 0.563. The minimum atomic E-state index is -1.18. The molecular formula is C18H23N5O5. The van der Waals surface area contributed by atoms with Crippen LogP contribution in [-0.4, -0.2) is 59.0 Å². The summed E-state index contributed by atoms with van der Waals surface area (Å²) < 4.78 is 0. The van der Waals surface area contributed by atoms with E-state index in [1.807, 2.05) is 24.3 Å². The molecule has 0 spiro atoms. The van der Waals surface area contributed by atoms with Gasteiger partial charge in [-0.1, -0.05) is 18.2 Å². The zero-order chi connectivity index (χ0) is 20.7. The number of aromatic amines is 1. The summed E-state index contributed by atoms with van der Waals surface area (Å²) in [5, 5.41) is 16.6. The van der Waals surface area contributed by atoms with E-state index < -0.39 is 42.3 Å². The zero-order valence-electron chi connectivity index (χ0n) is 15.3. The highest BCUT2D eigenvalue weighted by atomic mass is 16.4. The van der Waals surface area contributed by atoms with Crippen LogP contribution in [0.1, 0.15) is 12.5 Å². The van der Waals surface area contributed by atoms with Crippen molar-refractivity contribution in [3.05, 3.63) is 36.0 Å². The number of benzene rings is 1. The molecule has 10 nitrogen and oxygen atoms in total. The highest BCUT2D eigenvalue weighted by molar-refractivity contribution is 5.91. The van der Waals surface area contributed by atoms with Crippen molar-refractivity contribution in [3.8, 4) is 0 Å². The summed E-state index contributed by atoms with van der Waals surface area (Å²) in [6.07, 6.45) is 2.09. The van der Waals surface area contributed by atoms with Crippen molar-refractivity contribution >= 4 is 34.6 Å². The first-order valence-corrected chi connectivity index (χ1v) is 8.65. The molecule has 2 aromatic rings. The molecule has 2 atom stereocenters. The van der Waals surface area contributed by atoms with E-state index in [1.54, 1.807) is 6.20 Å². The third-order valence-corrected chi connectivity index (χ3v) is 4.07. The molecule has 2 rings (SSSR count). The average Bonchev–Trinajstić information content (AvgIpc) is 3.07. The smallest absolute Gasteiger partial charge is 0.325 e. The van der Waals surface area contributed by atoms with Gasteiger partial charge in [-0.15, -0.1) is 0 Å². The van der Waals surface area contributed by atoms with Gasteiger partial charge in [-0.3, -0.25) is 19.2 Å². The van der Waals surface area contributed by atoms with E-state index in [4.69, 9.17) is 10.8 Å². The van der Waals surface area contributed by atoms with Crippen LogP contribution in [0.2, 0.25) is 0 Å². The van der Waals surface area contributed by atoms with Gasteiger partial charge in [0.2, 0.25) is 17.7 Å². The fourth-order valence-corrected chi connectivity index (χ4v) is 2.52. The topological polar surface area (TPSA) is 166 Å². The van der Waals surface area contributed by atoms with E-state index in [0.29, 0.717) is 6.42 Å². The molecule has 0 saturated carbocycles. The molecule has 0 bridgehead atoms. The van der Waals surface area contributed by atoms with Gasteiger partial charge < -0.3 is 31.8 Å². The van der Waals surface area contributed by atoms with Crippen LogP contribution in [0.15, 0.2) is 30.5 Å². The molecule has 3 amide bonds. The highest BCUT2D eigenvalue weighted by Gasteiger charge is 2.18. The van der Waals surface area contributed by atoms with Crippen molar-refractivity contribution in [1.29, 1.82) is 0 Å². The van der Waals surface area contributed by atoms with Crippen molar-refractivity contribution in [2.45, 2.75) is 25.4 Å². The van der Waals surface area contributed by atoms with Crippen molar-refractivity contribution < 1.29 is 24.3 Å². The summed E-state index contributed by atoms with van der Waals surface area (Å²) in [5.74, 6) is -2.92. The maximum Gasteiger partial charge on any atom is 0.325 e. The maximum atomic E-state index is 12.1. The van der Waals surface area contributed by atoms with Gasteiger partial charge in [0.1, 0.15) is 6.04 Å². The molecule has 28 heavy (non-hydrogen) atoms. The Bertz CT molecular complexity index is 878. The number of fused-ring (bicyclic) bond motifs is 1. The molecule has 0 aliphatic heterocycles. The molecule has 150 valence electrons. The van der Waals surface area contributed by atoms with Gasteiger partial charge in [-0.05, 0) is 25.0 Å². The van der Waals surface area contributed by atoms with Gasteiger partial charge in [-0.25, -0.2) is 0 Å². The second-order valence-corrected chi connectivity index (χ2v) is 6.29. The number of para-hydroxylation sites is 1. The lowest BCUT2D eigenvalue weighted by Gasteiger charge is -2.13. The molecule has 2 unspecified atom stereocenters. The largest absolute Gasteiger partial charge is 0.480 e. The maximum absolute atomic E-state index is 12.1. The molecule has 0 aliphatic rings. The molecule has 1 heterocycles. The molecule has 1 aromatic carbocycles. The van der Waals surface area contributed by atoms with E-state index >= 15 is 0 Å². The van der Waals surface area contributed by atoms with Crippen LogP contribution < -0.4 is 21.7 Å². The van der Waals surface area contributed by atoms with Crippen LogP contribution in [0.4, 0.5) is 0 Å². The quantitative estimate of drug-likeness (QED) is 0.317. The Balaban J connectivity index is 1.74. The van der Waals surface area contributed by atoms with E-state index in [2.05, 4.69) is 20.9 Å². The number of hydrogen-bond acceptors (Lipinski definition) is 5. The fraction of sp³-hybridized carbons (Fsp3) is 0.333.